The lowest BCUT2D eigenvalue weighted by Crippen LogP contribution is -2.44. The van der Waals surface area contributed by atoms with Gasteiger partial charge in [0.2, 0.25) is 0 Å². The summed E-state index contributed by atoms with van der Waals surface area (Å²) in [6, 6.07) is 11.0. The number of likely N-dealkylation sites (tertiary alicyclic amines) is 1. The monoisotopic (exact) mass is 667 g/mol. The Morgan fingerprint density at radius 2 is 1.51 bits per heavy atom. The van der Waals surface area contributed by atoms with Crippen LogP contribution < -0.4 is 20.4 Å². The van der Waals surface area contributed by atoms with Crippen molar-refractivity contribution in [1.29, 1.82) is 0 Å². The number of morpholine rings is 1. The van der Waals surface area contributed by atoms with E-state index in [4.69, 9.17) is 19.8 Å². The molecular formula is C34H41N11O4. The summed E-state index contributed by atoms with van der Waals surface area (Å²) < 4.78 is 8.07. The van der Waals surface area contributed by atoms with Gasteiger partial charge in [-0.3, -0.25) is 0 Å². The molecule has 7 heterocycles. The van der Waals surface area contributed by atoms with Gasteiger partial charge in [0.1, 0.15) is 11.6 Å². The summed E-state index contributed by atoms with van der Waals surface area (Å²) in [6.07, 6.45) is 6.43. The van der Waals surface area contributed by atoms with Gasteiger partial charge >= 0.3 is 12.1 Å². The van der Waals surface area contributed by atoms with Gasteiger partial charge in [-0.25, -0.2) is 29.2 Å². The number of anilines is 4. The maximum Gasteiger partial charge on any atom is 0.407 e. The normalized spacial score (nSPS) is 21.7. The number of likely N-dealkylation sites (N-methyl/N-ethyl adjacent to an activating group) is 1. The maximum atomic E-state index is 12.8. The highest BCUT2D eigenvalue weighted by atomic mass is 16.5. The number of carbonyl (C=O) groups is 2. The van der Waals surface area contributed by atoms with E-state index in [1.54, 1.807) is 6.20 Å². The number of hydrogen-bond acceptors (Lipinski definition) is 10. The molecule has 2 bridgehead atoms. The second kappa shape index (κ2) is 13.1. The van der Waals surface area contributed by atoms with Crippen LogP contribution >= 0.6 is 0 Å². The number of carbonyl (C=O) groups excluding carboxylic acids is 1. The average Bonchev–Trinajstić information content (AvgIpc) is 3.70. The number of pyridine rings is 1. The molecule has 15 heteroatoms. The van der Waals surface area contributed by atoms with E-state index < -0.39 is 6.09 Å². The number of nitrogens with one attached hydrogen (secondary N) is 2. The van der Waals surface area contributed by atoms with Gasteiger partial charge in [0.25, 0.3) is 0 Å². The molecule has 4 aliphatic rings. The number of ether oxygens (including phenoxy) is 1. The number of hydrogen-bond donors (Lipinski definition) is 3. The first-order valence-corrected chi connectivity index (χ1v) is 17.1. The summed E-state index contributed by atoms with van der Waals surface area (Å²) in [4.78, 5) is 47.3. The van der Waals surface area contributed by atoms with Crippen molar-refractivity contribution in [3.05, 3.63) is 48.8 Å². The van der Waals surface area contributed by atoms with Crippen LogP contribution in [-0.4, -0.2) is 123 Å². The predicted molar refractivity (Wildman–Crippen MR) is 185 cm³/mol. The number of aromatic nitrogens is 5. The van der Waals surface area contributed by atoms with Gasteiger partial charge in [0.15, 0.2) is 11.5 Å². The highest BCUT2D eigenvalue weighted by Crippen LogP contribution is 2.35. The van der Waals surface area contributed by atoms with Gasteiger partial charge in [-0.1, -0.05) is 0 Å². The standard InChI is InChI=1S/C34H41N11O4/c1-41-14-16-42(17-15-41)29-9-6-24(18-35-29)38-33(46)37-23-4-2-22(3-5-23)30-39-31(44-20-26-7-8-27(21-44)49-26)28-19-36-45(32(28)40-30)25-10-12-43(13-11-25)34(47)48/h2-6,9,18-19,25-27H,7-8,10-17,20-21H2,1H3,(H,47,48)(H2,37,38,46). The first kappa shape index (κ1) is 31.3. The number of carboxylic acid groups (broad SMARTS) is 1. The largest absolute Gasteiger partial charge is 0.465 e. The molecule has 8 rings (SSSR count). The van der Waals surface area contributed by atoms with Gasteiger partial charge in [-0.15, -0.1) is 0 Å². The number of piperidine rings is 1. The number of nitrogens with zero attached hydrogens (tertiary/aromatic N) is 9. The van der Waals surface area contributed by atoms with E-state index in [1.807, 2.05) is 47.3 Å². The van der Waals surface area contributed by atoms with Crippen molar-refractivity contribution in [1.82, 2.24) is 34.5 Å². The predicted octanol–water partition coefficient (Wildman–Crippen LogP) is 3.97. The van der Waals surface area contributed by atoms with Crippen LogP contribution in [0, 0.1) is 0 Å². The Balaban J connectivity index is 0.999. The first-order chi connectivity index (χ1) is 23.9. The number of amides is 3. The van der Waals surface area contributed by atoms with E-state index in [0.717, 1.165) is 80.3 Å². The molecule has 0 spiro atoms. The minimum absolute atomic E-state index is 0.0350. The summed E-state index contributed by atoms with van der Waals surface area (Å²) >= 11 is 0. The number of fused-ring (bicyclic) bond motifs is 3. The van der Waals surface area contributed by atoms with Crippen molar-refractivity contribution in [2.45, 2.75) is 43.9 Å². The molecule has 49 heavy (non-hydrogen) atoms. The van der Waals surface area contributed by atoms with Crippen molar-refractivity contribution in [2.75, 3.05) is 79.8 Å². The summed E-state index contributed by atoms with van der Waals surface area (Å²) in [5, 5.41) is 20.9. The van der Waals surface area contributed by atoms with E-state index in [-0.39, 0.29) is 24.3 Å². The van der Waals surface area contributed by atoms with E-state index >= 15 is 0 Å². The molecule has 2 atom stereocenters. The van der Waals surface area contributed by atoms with Crippen LogP contribution in [0.3, 0.4) is 0 Å². The van der Waals surface area contributed by atoms with Gasteiger partial charge < -0.3 is 40.1 Å². The molecular weight excluding hydrogens is 626 g/mol. The molecule has 256 valence electrons. The average molecular weight is 668 g/mol. The van der Waals surface area contributed by atoms with Crippen LogP contribution in [0.15, 0.2) is 48.8 Å². The second-order valence-electron chi connectivity index (χ2n) is 13.4. The fourth-order valence-electron chi connectivity index (χ4n) is 7.32. The summed E-state index contributed by atoms with van der Waals surface area (Å²) in [5.74, 6) is 2.31. The highest BCUT2D eigenvalue weighted by molar-refractivity contribution is 5.99. The Bertz CT molecular complexity index is 1800. The molecule has 2 unspecified atom stereocenters. The van der Waals surface area contributed by atoms with Crippen molar-refractivity contribution in [2.24, 2.45) is 0 Å². The van der Waals surface area contributed by atoms with Crippen LogP contribution in [0.2, 0.25) is 0 Å². The smallest absolute Gasteiger partial charge is 0.407 e. The summed E-state index contributed by atoms with van der Waals surface area (Å²) in [5.41, 5.74) is 2.79. The van der Waals surface area contributed by atoms with E-state index in [9.17, 15) is 14.7 Å². The molecule has 4 aromatic rings. The van der Waals surface area contributed by atoms with Gasteiger partial charge in [0, 0.05) is 63.6 Å². The zero-order chi connectivity index (χ0) is 33.5. The molecule has 0 radical (unpaired) electrons. The molecule has 1 aromatic carbocycles. The van der Waals surface area contributed by atoms with Crippen LogP contribution in [0.5, 0.6) is 0 Å². The third kappa shape index (κ3) is 6.55. The van der Waals surface area contributed by atoms with Gasteiger partial charge in [0.05, 0.1) is 41.7 Å². The molecule has 3 aromatic heterocycles. The third-order valence-corrected chi connectivity index (χ3v) is 10.1. The zero-order valence-corrected chi connectivity index (χ0v) is 27.5. The Morgan fingerprint density at radius 3 is 2.18 bits per heavy atom. The Kier molecular flexibility index (Phi) is 8.37. The Labute approximate surface area is 283 Å². The fourth-order valence-corrected chi connectivity index (χ4v) is 7.32. The van der Waals surface area contributed by atoms with E-state index in [0.29, 0.717) is 43.1 Å². The molecule has 15 nitrogen and oxygen atoms in total. The highest BCUT2D eigenvalue weighted by Gasteiger charge is 2.36. The maximum absolute atomic E-state index is 12.8. The Hall–Kier alpha value is -5.02. The molecule has 4 saturated heterocycles. The molecule has 4 fully saturated rings. The summed E-state index contributed by atoms with van der Waals surface area (Å²) in [7, 11) is 2.12. The summed E-state index contributed by atoms with van der Waals surface area (Å²) in [6.45, 7) is 6.29. The number of benzene rings is 1. The quantitative estimate of drug-likeness (QED) is 0.273. The van der Waals surface area contributed by atoms with E-state index in [1.165, 1.54) is 4.90 Å². The fraction of sp³-hybridized carbons (Fsp3) is 0.471. The lowest BCUT2D eigenvalue weighted by Gasteiger charge is -2.33. The van der Waals surface area contributed by atoms with E-state index in [2.05, 4.69) is 37.4 Å². The first-order valence-electron chi connectivity index (χ1n) is 17.1. The molecule has 3 amide bonds. The van der Waals surface area contributed by atoms with Crippen LogP contribution in [-0.2, 0) is 4.74 Å². The number of urea groups is 1. The number of rotatable bonds is 6. The minimum atomic E-state index is -0.889. The molecule has 0 saturated carbocycles. The zero-order valence-electron chi connectivity index (χ0n) is 27.5. The van der Waals surface area contributed by atoms with Crippen molar-refractivity contribution >= 4 is 46.2 Å². The molecule has 4 aliphatic heterocycles. The molecule has 3 N–H and O–H groups in total. The lowest BCUT2D eigenvalue weighted by atomic mass is 10.1. The van der Waals surface area contributed by atoms with Crippen molar-refractivity contribution in [3.8, 4) is 11.4 Å². The van der Waals surface area contributed by atoms with Crippen LogP contribution in [0.4, 0.5) is 32.6 Å². The SMILES string of the molecule is CN1CCN(c2ccc(NC(=O)Nc3ccc(-c4nc(N5CC6CCC(C5)O6)c5cnn(C6CCN(C(=O)O)CC6)c5n4)cc3)cn2)CC1. The van der Waals surface area contributed by atoms with Crippen molar-refractivity contribution < 1.29 is 19.4 Å². The second-order valence-corrected chi connectivity index (χ2v) is 13.4. The topological polar surface area (TPSA) is 157 Å². The number of piperazine rings is 1. The Morgan fingerprint density at radius 1 is 0.816 bits per heavy atom. The van der Waals surface area contributed by atoms with Gasteiger partial charge in [-0.2, -0.15) is 5.10 Å². The van der Waals surface area contributed by atoms with Crippen LogP contribution in [0.25, 0.3) is 22.4 Å². The lowest BCUT2D eigenvalue weighted by molar-refractivity contribution is 0.0303. The molecule has 0 aliphatic carbocycles. The minimum Gasteiger partial charge on any atom is -0.465 e. The van der Waals surface area contributed by atoms with Crippen LogP contribution in [0.1, 0.15) is 31.7 Å². The third-order valence-electron chi connectivity index (χ3n) is 10.1. The van der Waals surface area contributed by atoms with Gasteiger partial charge in [-0.05, 0) is 69.1 Å². The van der Waals surface area contributed by atoms with Crippen molar-refractivity contribution in [3.63, 3.8) is 0 Å².